The number of aromatic nitrogens is 2. The molecule has 5 nitrogen and oxygen atoms in total. The third-order valence-electron chi connectivity index (χ3n) is 2.30. The first kappa shape index (κ1) is 13.6. The summed E-state index contributed by atoms with van der Waals surface area (Å²) in [5.41, 5.74) is 0.226. The van der Waals surface area contributed by atoms with Gasteiger partial charge in [-0.3, -0.25) is 0 Å². The zero-order chi connectivity index (χ0) is 13.8. The van der Waals surface area contributed by atoms with Crippen molar-refractivity contribution in [3.63, 3.8) is 0 Å². The van der Waals surface area contributed by atoms with Crippen molar-refractivity contribution in [2.45, 2.75) is 6.61 Å². The second kappa shape index (κ2) is 5.86. The van der Waals surface area contributed by atoms with Gasteiger partial charge in [-0.2, -0.15) is 0 Å². The number of carbonyl (C=O) groups is 1. The second-order valence-electron chi connectivity index (χ2n) is 3.53. The lowest BCUT2D eigenvalue weighted by Crippen LogP contribution is -2.08. The highest BCUT2D eigenvalue weighted by molar-refractivity contribution is 6.37. The first-order valence-electron chi connectivity index (χ1n) is 5.18. The third kappa shape index (κ3) is 3.13. The lowest BCUT2D eigenvalue weighted by atomic mass is 10.2. The largest absolute Gasteiger partial charge is 0.484 e. The summed E-state index contributed by atoms with van der Waals surface area (Å²) in [4.78, 5) is 18.5. The highest BCUT2D eigenvalue weighted by atomic mass is 35.5. The number of carboxylic acids is 1. The quantitative estimate of drug-likeness (QED) is 0.939. The van der Waals surface area contributed by atoms with Crippen molar-refractivity contribution in [2.75, 3.05) is 0 Å². The Bertz CT molecular complexity index is 599. The van der Waals surface area contributed by atoms with Crippen LogP contribution in [0.15, 0.2) is 30.7 Å². The van der Waals surface area contributed by atoms with Gasteiger partial charge in [0.05, 0.1) is 15.7 Å². The van der Waals surface area contributed by atoms with Crippen LogP contribution in [0.4, 0.5) is 0 Å². The SMILES string of the molecule is O=C(O)c1cncnc1COc1c(Cl)cccc1Cl. The lowest BCUT2D eigenvalue weighted by molar-refractivity contribution is 0.0692. The highest BCUT2D eigenvalue weighted by Gasteiger charge is 2.13. The van der Waals surface area contributed by atoms with Crippen LogP contribution in [0.3, 0.4) is 0 Å². The molecule has 1 heterocycles. The van der Waals surface area contributed by atoms with Crippen molar-refractivity contribution >= 4 is 29.2 Å². The van der Waals surface area contributed by atoms with Crippen molar-refractivity contribution in [3.05, 3.63) is 52.0 Å². The first-order chi connectivity index (χ1) is 9.09. The Morgan fingerprint density at radius 1 is 1.32 bits per heavy atom. The molecule has 2 rings (SSSR count). The van der Waals surface area contributed by atoms with Gasteiger partial charge in [0.2, 0.25) is 0 Å². The summed E-state index contributed by atoms with van der Waals surface area (Å²) in [7, 11) is 0. The number of nitrogens with zero attached hydrogens (tertiary/aromatic N) is 2. The Hall–Kier alpha value is -1.85. The molecule has 0 saturated carbocycles. The van der Waals surface area contributed by atoms with Crippen LogP contribution in [0.25, 0.3) is 0 Å². The summed E-state index contributed by atoms with van der Waals surface area (Å²) < 4.78 is 5.43. The molecule has 19 heavy (non-hydrogen) atoms. The molecule has 0 aliphatic carbocycles. The van der Waals surface area contributed by atoms with E-state index in [4.69, 9.17) is 33.0 Å². The molecule has 0 bridgehead atoms. The number of ether oxygens (including phenoxy) is 1. The Balaban J connectivity index is 2.22. The van der Waals surface area contributed by atoms with E-state index in [9.17, 15) is 4.79 Å². The van der Waals surface area contributed by atoms with Crippen LogP contribution in [0, 0.1) is 0 Å². The normalized spacial score (nSPS) is 10.2. The molecular formula is C12H8Cl2N2O3. The molecule has 0 amide bonds. The third-order valence-corrected chi connectivity index (χ3v) is 2.89. The van der Waals surface area contributed by atoms with Gasteiger partial charge in [-0.1, -0.05) is 29.3 Å². The van der Waals surface area contributed by atoms with Gasteiger partial charge >= 0.3 is 5.97 Å². The number of para-hydroxylation sites is 1. The first-order valence-corrected chi connectivity index (χ1v) is 5.94. The number of halogens is 2. The van der Waals surface area contributed by atoms with E-state index >= 15 is 0 Å². The summed E-state index contributed by atoms with van der Waals surface area (Å²) in [6, 6.07) is 4.94. The number of rotatable bonds is 4. The molecule has 0 radical (unpaired) electrons. The van der Waals surface area contributed by atoms with Gasteiger partial charge in [-0.05, 0) is 12.1 Å². The van der Waals surface area contributed by atoms with Gasteiger partial charge in [-0.15, -0.1) is 0 Å². The van der Waals surface area contributed by atoms with Crippen molar-refractivity contribution in [1.29, 1.82) is 0 Å². The Morgan fingerprint density at radius 2 is 2.00 bits per heavy atom. The van der Waals surface area contributed by atoms with Crippen LogP contribution in [0.1, 0.15) is 16.1 Å². The van der Waals surface area contributed by atoms with E-state index in [0.29, 0.717) is 15.8 Å². The van der Waals surface area contributed by atoms with Crippen LogP contribution >= 0.6 is 23.2 Å². The average molecular weight is 299 g/mol. The maximum atomic E-state index is 11.0. The molecule has 0 spiro atoms. The number of hydrogen-bond donors (Lipinski definition) is 1. The topological polar surface area (TPSA) is 72.3 Å². The zero-order valence-electron chi connectivity index (χ0n) is 9.51. The number of hydrogen-bond acceptors (Lipinski definition) is 4. The summed E-state index contributed by atoms with van der Waals surface area (Å²) in [6.07, 6.45) is 2.46. The Morgan fingerprint density at radius 3 is 2.63 bits per heavy atom. The van der Waals surface area contributed by atoms with E-state index in [1.54, 1.807) is 18.2 Å². The summed E-state index contributed by atoms with van der Waals surface area (Å²) in [6.45, 7) is -0.0619. The molecule has 1 N–H and O–H groups in total. The van der Waals surface area contributed by atoms with E-state index < -0.39 is 5.97 Å². The molecule has 0 aliphatic heterocycles. The molecule has 0 fully saturated rings. The van der Waals surface area contributed by atoms with Crippen molar-refractivity contribution in [2.24, 2.45) is 0 Å². The van der Waals surface area contributed by atoms with Crippen LogP contribution in [-0.4, -0.2) is 21.0 Å². The summed E-state index contributed by atoms with van der Waals surface area (Å²) in [5, 5.41) is 9.68. The van der Waals surface area contributed by atoms with Crippen LogP contribution < -0.4 is 4.74 Å². The number of aromatic carboxylic acids is 1. The highest BCUT2D eigenvalue weighted by Crippen LogP contribution is 2.32. The molecule has 0 unspecified atom stereocenters. The molecule has 0 atom stereocenters. The van der Waals surface area contributed by atoms with Gasteiger partial charge in [0, 0.05) is 6.20 Å². The molecule has 0 aliphatic rings. The van der Waals surface area contributed by atoms with E-state index in [0.717, 1.165) is 0 Å². The number of benzene rings is 1. The average Bonchev–Trinajstić information content (AvgIpc) is 2.38. The molecular weight excluding hydrogens is 291 g/mol. The van der Waals surface area contributed by atoms with Gasteiger partial charge < -0.3 is 9.84 Å². The summed E-state index contributed by atoms with van der Waals surface area (Å²) >= 11 is 11.9. The maximum absolute atomic E-state index is 11.0. The fourth-order valence-corrected chi connectivity index (χ4v) is 1.92. The lowest BCUT2D eigenvalue weighted by Gasteiger charge is -2.10. The van der Waals surface area contributed by atoms with E-state index in [-0.39, 0.29) is 17.9 Å². The standard InChI is InChI=1S/C12H8Cl2N2O3/c13-8-2-1-3-9(14)11(8)19-5-10-7(12(17)18)4-15-6-16-10/h1-4,6H,5H2,(H,17,18). The molecule has 1 aromatic heterocycles. The van der Waals surface area contributed by atoms with Gasteiger partial charge in [0.15, 0.2) is 5.75 Å². The van der Waals surface area contributed by atoms with E-state index in [1.165, 1.54) is 12.5 Å². The molecule has 0 saturated heterocycles. The van der Waals surface area contributed by atoms with E-state index in [1.807, 2.05) is 0 Å². The van der Waals surface area contributed by atoms with Gasteiger partial charge in [0.1, 0.15) is 18.5 Å². The minimum absolute atomic E-state index is 0.0225. The second-order valence-corrected chi connectivity index (χ2v) is 4.34. The number of carboxylic acid groups (broad SMARTS) is 1. The van der Waals surface area contributed by atoms with E-state index in [2.05, 4.69) is 9.97 Å². The minimum atomic E-state index is -1.12. The molecule has 98 valence electrons. The van der Waals surface area contributed by atoms with Gasteiger partial charge in [0.25, 0.3) is 0 Å². The van der Waals surface area contributed by atoms with Crippen LogP contribution in [0.5, 0.6) is 5.75 Å². The fraction of sp³-hybridized carbons (Fsp3) is 0.0833. The van der Waals surface area contributed by atoms with Crippen molar-refractivity contribution in [1.82, 2.24) is 9.97 Å². The monoisotopic (exact) mass is 298 g/mol. The van der Waals surface area contributed by atoms with Crippen molar-refractivity contribution in [3.8, 4) is 5.75 Å². The van der Waals surface area contributed by atoms with Crippen molar-refractivity contribution < 1.29 is 14.6 Å². The molecule has 1 aromatic carbocycles. The summed E-state index contributed by atoms with van der Waals surface area (Å²) in [5.74, 6) is -0.828. The maximum Gasteiger partial charge on any atom is 0.339 e. The van der Waals surface area contributed by atoms with Crippen LogP contribution in [0.2, 0.25) is 10.0 Å². The zero-order valence-corrected chi connectivity index (χ0v) is 11.0. The Labute approximate surface area is 118 Å². The van der Waals surface area contributed by atoms with Crippen LogP contribution in [-0.2, 0) is 6.61 Å². The predicted octanol–water partition coefficient (Wildman–Crippen LogP) is 3.06. The smallest absolute Gasteiger partial charge is 0.339 e. The fourth-order valence-electron chi connectivity index (χ4n) is 1.41. The molecule has 2 aromatic rings. The van der Waals surface area contributed by atoms with Gasteiger partial charge in [-0.25, -0.2) is 14.8 Å². The minimum Gasteiger partial charge on any atom is -0.484 e. The Kier molecular flexibility index (Phi) is 4.19. The predicted molar refractivity (Wildman–Crippen MR) is 69.8 cm³/mol. The molecule has 7 heteroatoms.